The van der Waals surface area contributed by atoms with Gasteiger partial charge in [0.25, 0.3) is 0 Å². The summed E-state index contributed by atoms with van der Waals surface area (Å²) in [4.78, 5) is 2.40. The number of furan rings is 2. The molecule has 0 N–H and O–H groups in total. The maximum Gasteiger partial charge on any atom is 0.143 e. The Hall–Kier alpha value is -10.2. The Bertz CT molecular complexity index is 4420. The summed E-state index contributed by atoms with van der Waals surface area (Å²) >= 11 is 0. The molecule has 0 fully saturated rings. The molecular formula is C72H46N2O2. The second kappa shape index (κ2) is 17.8. The molecular weight excluding hydrogens is 925 g/mol. The van der Waals surface area contributed by atoms with Crippen molar-refractivity contribution in [2.75, 3.05) is 4.90 Å². The van der Waals surface area contributed by atoms with Gasteiger partial charge in [-0.2, -0.15) is 0 Å². The maximum atomic E-state index is 6.65. The molecule has 0 bridgehead atoms. The molecule has 12 aromatic carbocycles. The van der Waals surface area contributed by atoms with Crippen molar-refractivity contribution in [2.24, 2.45) is 0 Å². The summed E-state index contributed by atoms with van der Waals surface area (Å²) in [7, 11) is 0. The van der Waals surface area contributed by atoms with Crippen LogP contribution in [0.25, 0.3) is 127 Å². The van der Waals surface area contributed by atoms with Gasteiger partial charge in [-0.1, -0.05) is 206 Å². The van der Waals surface area contributed by atoms with E-state index in [-0.39, 0.29) is 0 Å². The Morgan fingerprint density at radius 3 is 1.18 bits per heavy atom. The molecule has 0 aliphatic rings. The third kappa shape index (κ3) is 7.14. The van der Waals surface area contributed by atoms with Crippen LogP contribution < -0.4 is 4.90 Å². The number of nitrogens with zero attached hydrogens (tertiary/aromatic N) is 2. The Kier molecular flexibility index (Phi) is 10.2. The molecule has 0 aliphatic carbocycles. The normalized spacial score (nSPS) is 11.7. The van der Waals surface area contributed by atoms with Crippen molar-refractivity contribution in [3.8, 4) is 61.3 Å². The zero-order valence-electron chi connectivity index (χ0n) is 41.3. The lowest BCUT2D eigenvalue weighted by Gasteiger charge is -2.29. The van der Waals surface area contributed by atoms with E-state index in [1.807, 2.05) is 12.1 Å². The molecule has 0 saturated heterocycles. The van der Waals surface area contributed by atoms with Crippen LogP contribution in [0.15, 0.2) is 288 Å². The molecule has 356 valence electrons. The first-order valence-electron chi connectivity index (χ1n) is 25.9. The molecule has 15 aromatic rings. The molecule has 0 radical (unpaired) electrons. The number of hydrogen-bond donors (Lipinski definition) is 0. The zero-order valence-corrected chi connectivity index (χ0v) is 41.3. The SMILES string of the molecule is c1ccc(-c2ccc(N(c3ccc(-c4ccccc4)cc3)c3ccccc3-c3ccccc3-n3c4ccc(-c5cccc6c5oc5ccccc56)cc4c4cc(-c5cccc6c5oc5ccccc56)ccc43)cc2)cc1. The van der Waals surface area contributed by atoms with Crippen LogP contribution in [0, 0.1) is 0 Å². The number of fused-ring (bicyclic) bond motifs is 9. The van der Waals surface area contributed by atoms with Gasteiger partial charge < -0.3 is 18.3 Å². The van der Waals surface area contributed by atoms with Crippen LogP contribution in [0.3, 0.4) is 0 Å². The van der Waals surface area contributed by atoms with E-state index < -0.39 is 0 Å². The summed E-state index contributed by atoms with van der Waals surface area (Å²) < 4.78 is 15.8. The van der Waals surface area contributed by atoms with Gasteiger partial charge in [0.05, 0.1) is 22.4 Å². The highest BCUT2D eigenvalue weighted by Crippen LogP contribution is 2.47. The average Bonchev–Trinajstić information content (AvgIpc) is 4.24. The van der Waals surface area contributed by atoms with Gasteiger partial charge in [0, 0.05) is 65.9 Å². The lowest BCUT2D eigenvalue weighted by Crippen LogP contribution is -2.11. The fraction of sp³-hybridized carbons (Fsp3) is 0. The third-order valence-corrected chi connectivity index (χ3v) is 15.2. The van der Waals surface area contributed by atoms with Crippen molar-refractivity contribution < 1.29 is 8.83 Å². The molecule has 4 nitrogen and oxygen atoms in total. The summed E-state index contributed by atoms with van der Waals surface area (Å²) in [5.74, 6) is 0. The van der Waals surface area contributed by atoms with Crippen LogP contribution >= 0.6 is 0 Å². The highest BCUT2D eigenvalue weighted by atomic mass is 16.3. The Morgan fingerprint density at radius 2 is 0.658 bits per heavy atom. The van der Waals surface area contributed by atoms with E-state index in [1.54, 1.807) is 0 Å². The predicted molar refractivity (Wildman–Crippen MR) is 317 cm³/mol. The first kappa shape index (κ1) is 43.4. The Labute approximate surface area is 439 Å². The topological polar surface area (TPSA) is 34.5 Å². The molecule has 4 heteroatoms. The van der Waals surface area contributed by atoms with Gasteiger partial charge in [-0.3, -0.25) is 0 Å². The Morgan fingerprint density at radius 1 is 0.263 bits per heavy atom. The van der Waals surface area contributed by atoms with Crippen LogP contribution in [-0.2, 0) is 0 Å². The second-order valence-electron chi connectivity index (χ2n) is 19.6. The molecule has 3 heterocycles. The van der Waals surface area contributed by atoms with Crippen molar-refractivity contribution in [1.82, 2.24) is 4.57 Å². The Balaban J connectivity index is 0.937. The fourth-order valence-corrected chi connectivity index (χ4v) is 11.7. The molecule has 0 amide bonds. The van der Waals surface area contributed by atoms with Crippen LogP contribution in [0.1, 0.15) is 0 Å². The molecule has 76 heavy (non-hydrogen) atoms. The highest BCUT2D eigenvalue weighted by Gasteiger charge is 2.23. The van der Waals surface area contributed by atoms with Gasteiger partial charge in [-0.05, 0) is 106 Å². The van der Waals surface area contributed by atoms with E-state index in [2.05, 4.69) is 276 Å². The van der Waals surface area contributed by atoms with Gasteiger partial charge in [0.1, 0.15) is 22.3 Å². The van der Waals surface area contributed by atoms with Crippen LogP contribution in [0.5, 0.6) is 0 Å². The average molecular weight is 971 g/mol. The lowest BCUT2D eigenvalue weighted by atomic mass is 9.98. The van der Waals surface area contributed by atoms with E-state index in [9.17, 15) is 0 Å². The number of benzene rings is 12. The van der Waals surface area contributed by atoms with Crippen LogP contribution in [-0.4, -0.2) is 4.57 Å². The smallest absolute Gasteiger partial charge is 0.143 e. The van der Waals surface area contributed by atoms with Crippen molar-refractivity contribution in [1.29, 1.82) is 0 Å². The van der Waals surface area contributed by atoms with E-state index in [0.717, 1.165) is 122 Å². The van der Waals surface area contributed by atoms with Gasteiger partial charge >= 0.3 is 0 Å². The predicted octanol–water partition coefficient (Wildman–Crippen LogP) is 20.4. The fourth-order valence-electron chi connectivity index (χ4n) is 11.7. The summed E-state index contributed by atoms with van der Waals surface area (Å²) in [6.07, 6.45) is 0. The summed E-state index contributed by atoms with van der Waals surface area (Å²) in [6.45, 7) is 0. The van der Waals surface area contributed by atoms with E-state index >= 15 is 0 Å². The zero-order chi connectivity index (χ0) is 50.1. The highest BCUT2D eigenvalue weighted by molar-refractivity contribution is 6.16. The second-order valence-corrected chi connectivity index (χ2v) is 19.6. The number of aromatic nitrogens is 1. The molecule has 15 rings (SSSR count). The standard InChI is InChI=1S/C72H46N2O2/c1-3-17-47(18-4-1)49-33-39-53(40-34-49)73(54-41-35-50(36-42-54)48-19-5-2-6-20-48)65-29-11-7-21-57(65)58-22-8-12-30-66(58)74-67-43-37-51(55-25-15-27-61-59-23-9-13-31-69(59)75-71(55)61)45-63(67)64-46-52(38-44-68(64)74)56-26-16-28-62-60-24-10-14-32-70(60)76-72(56)62/h1-46H. The minimum Gasteiger partial charge on any atom is -0.455 e. The summed E-state index contributed by atoms with van der Waals surface area (Å²) in [6, 6.07) is 100. The number of rotatable bonds is 9. The van der Waals surface area contributed by atoms with Crippen molar-refractivity contribution >= 4 is 82.7 Å². The summed E-state index contributed by atoms with van der Waals surface area (Å²) in [5.41, 5.74) is 21.2. The molecule has 3 aromatic heterocycles. The molecule has 0 aliphatic heterocycles. The van der Waals surface area contributed by atoms with Gasteiger partial charge in [-0.15, -0.1) is 0 Å². The molecule has 0 spiro atoms. The minimum absolute atomic E-state index is 0.885. The molecule has 0 saturated carbocycles. The van der Waals surface area contributed by atoms with Crippen LogP contribution in [0.4, 0.5) is 17.1 Å². The largest absolute Gasteiger partial charge is 0.455 e. The minimum atomic E-state index is 0.885. The number of para-hydroxylation sites is 6. The van der Waals surface area contributed by atoms with Crippen molar-refractivity contribution in [3.63, 3.8) is 0 Å². The summed E-state index contributed by atoms with van der Waals surface area (Å²) in [5, 5.41) is 6.73. The van der Waals surface area contributed by atoms with E-state index in [4.69, 9.17) is 8.83 Å². The maximum absolute atomic E-state index is 6.65. The van der Waals surface area contributed by atoms with Crippen molar-refractivity contribution in [3.05, 3.63) is 279 Å². The van der Waals surface area contributed by atoms with Gasteiger partial charge in [-0.25, -0.2) is 0 Å². The first-order chi connectivity index (χ1) is 37.7. The lowest BCUT2D eigenvalue weighted by molar-refractivity contribution is 0.669. The molecule has 0 atom stereocenters. The number of hydrogen-bond acceptors (Lipinski definition) is 3. The molecule has 0 unspecified atom stereocenters. The van der Waals surface area contributed by atoms with Crippen LogP contribution in [0.2, 0.25) is 0 Å². The first-order valence-corrected chi connectivity index (χ1v) is 25.9. The van der Waals surface area contributed by atoms with Gasteiger partial charge in [0.15, 0.2) is 0 Å². The van der Waals surface area contributed by atoms with Gasteiger partial charge in [0.2, 0.25) is 0 Å². The monoisotopic (exact) mass is 970 g/mol. The van der Waals surface area contributed by atoms with E-state index in [0.29, 0.717) is 0 Å². The quantitative estimate of drug-likeness (QED) is 0.145. The third-order valence-electron chi connectivity index (χ3n) is 15.2. The number of anilines is 3. The van der Waals surface area contributed by atoms with E-state index in [1.165, 1.54) is 22.3 Å². The van der Waals surface area contributed by atoms with Crippen molar-refractivity contribution in [2.45, 2.75) is 0 Å².